The predicted octanol–water partition coefficient (Wildman–Crippen LogP) is 2.57. The molecule has 1 aromatic heterocycles. The van der Waals surface area contributed by atoms with E-state index in [1.807, 2.05) is 31.2 Å². The van der Waals surface area contributed by atoms with Crippen LogP contribution < -0.4 is 4.74 Å². The number of carbonyl (C=O) groups is 1. The van der Waals surface area contributed by atoms with Crippen LogP contribution >= 0.6 is 11.8 Å². The van der Waals surface area contributed by atoms with E-state index in [2.05, 4.69) is 10.2 Å². The van der Waals surface area contributed by atoms with Crippen LogP contribution in [-0.2, 0) is 11.2 Å². The van der Waals surface area contributed by atoms with E-state index in [4.69, 9.17) is 14.3 Å². The second-order valence-electron chi connectivity index (χ2n) is 4.41. The monoisotopic (exact) mass is 308 g/mol. The first-order chi connectivity index (χ1) is 10.1. The first-order valence-electron chi connectivity index (χ1n) is 6.50. The summed E-state index contributed by atoms with van der Waals surface area (Å²) in [7, 11) is 0. The van der Waals surface area contributed by atoms with Gasteiger partial charge >= 0.3 is 5.97 Å². The van der Waals surface area contributed by atoms with Gasteiger partial charge in [-0.2, -0.15) is 0 Å². The summed E-state index contributed by atoms with van der Waals surface area (Å²) in [6.45, 7) is 2.57. The average molecular weight is 308 g/mol. The summed E-state index contributed by atoms with van der Waals surface area (Å²) in [5.41, 5.74) is 1.16. The Balaban J connectivity index is 1.70. The summed E-state index contributed by atoms with van der Waals surface area (Å²) in [5.74, 6) is 0.346. The molecule has 0 bridgehead atoms. The fourth-order valence-corrected chi connectivity index (χ4v) is 2.14. The van der Waals surface area contributed by atoms with Crippen molar-refractivity contribution in [2.75, 3.05) is 12.4 Å². The highest BCUT2D eigenvalue weighted by Crippen LogP contribution is 2.17. The largest absolute Gasteiger partial charge is 0.494 e. The van der Waals surface area contributed by atoms with Crippen molar-refractivity contribution in [2.24, 2.45) is 0 Å². The second kappa shape index (κ2) is 7.68. The number of aliphatic carboxylic acids is 1. The molecule has 0 aliphatic carbocycles. The summed E-state index contributed by atoms with van der Waals surface area (Å²) in [4.78, 5) is 10.4. The molecule has 0 saturated carbocycles. The molecular weight excluding hydrogens is 292 g/mol. The molecule has 2 aromatic rings. The van der Waals surface area contributed by atoms with E-state index < -0.39 is 5.97 Å². The molecular formula is C14H16N2O4S. The molecule has 7 heteroatoms. The number of rotatable bonds is 8. The third-order valence-electron chi connectivity index (χ3n) is 2.56. The lowest BCUT2D eigenvalue weighted by Gasteiger charge is -2.05. The Hall–Kier alpha value is -2.02. The zero-order chi connectivity index (χ0) is 15.1. The van der Waals surface area contributed by atoms with Crippen molar-refractivity contribution < 1.29 is 19.1 Å². The molecule has 0 aliphatic rings. The van der Waals surface area contributed by atoms with E-state index in [9.17, 15) is 4.79 Å². The topological polar surface area (TPSA) is 85.5 Å². The average Bonchev–Trinajstić information content (AvgIpc) is 2.89. The molecule has 1 aromatic carbocycles. The lowest BCUT2D eigenvalue weighted by Crippen LogP contribution is -1.99. The SMILES string of the molecule is Cc1cccc(OCCCc2nnc(SCC(=O)O)o2)c1. The van der Waals surface area contributed by atoms with Gasteiger partial charge in [0, 0.05) is 6.42 Å². The van der Waals surface area contributed by atoms with Crippen molar-refractivity contribution in [1.82, 2.24) is 10.2 Å². The summed E-state index contributed by atoms with van der Waals surface area (Å²) in [6, 6.07) is 7.87. The zero-order valence-electron chi connectivity index (χ0n) is 11.6. The molecule has 0 fully saturated rings. The number of thioether (sulfide) groups is 1. The number of hydrogen-bond acceptors (Lipinski definition) is 6. The van der Waals surface area contributed by atoms with Crippen LogP contribution in [0.25, 0.3) is 0 Å². The van der Waals surface area contributed by atoms with Gasteiger partial charge in [0.05, 0.1) is 6.61 Å². The highest BCUT2D eigenvalue weighted by atomic mass is 32.2. The predicted molar refractivity (Wildman–Crippen MR) is 77.7 cm³/mol. The number of benzene rings is 1. The number of carboxylic acids is 1. The minimum Gasteiger partial charge on any atom is -0.494 e. The van der Waals surface area contributed by atoms with E-state index in [1.54, 1.807) is 0 Å². The lowest BCUT2D eigenvalue weighted by molar-refractivity contribution is -0.133. The van der Waals surface area contributed by atoms with Gasteiger partial charge in [0.1, 0.15) is 11.5 Å². The van der Waals surface area contributed by atoms with E-state index in [-0.39, 0.29) is 11.0 Å². The molecule has 0 saturated heterocycles. The van der Waals surface area contributed by atoms with Crippen LogP contribution in [0.1, 0.15) is 17.9 Å². The highest BCUT2D eigenvalue weighted by molar-refractivity contribution is 7.99. The fourth-order valence-electron chi connectivity index (χ4n) is 1.64. The molecule has 0 atom stereocenters. The first kappa shape index (κ1) is 15.4. The third-order valence-corrected chi connectivity index (χ3v) is 3.36. The normalized spacial score (nSPS) is 10.5. The van der Waals surface area contributed by atoms with E-state index in [0.29, 0.717) is 18.9 Å². The molecule has 1 N–H and O–H groups in total. The number of carboxylic acid groups (broad SMARTS) is 1. The van der Waals surface area contributed by atoms with Crippen molar-refractivity contribution in [3.63, 3.8) is 0 Å². The summed E-state index contributed by atoms with van der Waals surface area (Å²) in [5, 5.41) is 16.5. The van der Waals surface area contributed by atoms with Crippen LogP contribution in [0.2, 0.25) is 0 Å². The van der Waals surface area contributed by atoms with Gasteiger partial charge in [0.25, 0.3) is 5.22 Å². The van der Waals surface area contributed by atoms with Crippen LogP contribution in [-0.4, -0.2) is 33.6 Å². The number of ether oxygens (including phenoxy) is 1. The molecule has 21 heavy (non-hydrogen) atoms. The number of aromatic nitrogens is 2. The Morgan fingerprint density at radius 1 is 1.43 bits per heavy atom. The molecule has 1 heterocycles. The van der Waals surface area contributed by atoms with Crippen LogP contribution in [0, 0.1) is 6.92 Å². The van der Waals surface area contributed by atoms with Gasteiger partial charge in [-0.15, -0.1) is 10.2 Å². The smallest absolute Gasteiger partial charge is 0.314 e. The number of hydrogen-bond donors (Lipinski definition) is 1. The Bertz CT molecular complexity index is 600. The van der Waals surface area contributed by atoms with Crippen molar-refractivity contribution in [3.8, 4) is 5.75 Å². The van der Waals surface area contributed by atoms with Crippen LogP contribution in [0.15, 0.2) is 33.9 Å². The Kier molecular flexibility index (Phi) is 5.62. The van der Waals surface area contributed by atoms with Crippen molar-refractivity contribution in [2.45, 2.75) is 25.0 Å². The standard InChI is InChI=1S/C14H16N2O4S/c1-10-4-2-5-11(8-10)19-7-3-6-12-15-16-14(20-12)21-9-13(17)18/h2,4-5,8H,3,6-7,9H2,1H3,(H,17,18). The minimum atomic E-state index is -0.911. The van der Waals surface area contributed by atoms with Crippen molar-refractivity contribution >= 4 is 17.7 Å². The zero-order valence-corrected chi connectivity index (χ0v) is 12.4. The Labute approximate surface area is 126 Å². The van der Waals surface area contributed by atoms with Crippen LogP contribution in [0.4, 0.5) is 0 Å². The molecule has 0 unspecified atom stereocenters. The van der Waals surface area contributed by atoms with E-state index in [0.717, 1.165) is 29.5 Å². The maximum absolute atomic E-state index is 10.4. The van der Waals surface area contributed by atoms with Gasteiger partial charge in [-0.3, -0.25) is 4.79 Å². The summed E-state index contributed by atoms with van der Waals surface area (Å²) < 4.78 is 10.9. The third kappa shape index (κ3) is 5.47. The van der Waals surface area contributed by atoms with Gasteiger partial charge in [-0.05, 0) is 31.0 Å². The van der Waals surface area contributed by atoms with Gasteiger partial charge in [0.15, 0.2) is 0 Å². The fraction of sp³-hybridized carbons (Fsp3) is 0.357. The molecule has 6 nitrogen and oxygen atoms in total. The summed E-state index contributed by atoms with van der Waals surface area (Å²) >= 11 is 1.02. The van der Waals surface area contributed by atoms with Crippen molar-refractivity contribution in [1.29, 1.82) is 0 Å². The lowest BCUT2D eigenvalue weighted by atomic mass is 10.2. The minimum absolute atomic E-state index is 0.0852. The molecule has 0 spiro atoms. The van der Waals surface area contributed by atoms with Crippen LogP contribution in [0.5, 0.6) is 5.75 Å². The molecule has 0 radical (unpaired) electrons. The Morgan fingerprint density at radius 3 is 3.05 bits per heavy atom. The van der Waals surface area contributed by atoms with Gasteiger partial charge in [0.2, 0.25) is 5.89 Å². The summed E-state index contributed by atoms with van der Waals surface area (Å²) in [6.07, 6.45) is 1.35. The number of nitrogens with zero attached hydrogens (tertiary/aromatic N) is 2. The first-order valence-corrected chi connectivity index (χ1v) is 7.48. The van der Waals surface area contributed by atoms with Gasteiger partial charge in [-0.1, -0.05) is 23.9 Å². The van der Waals surface area contributed by atoms with E-state index in [1.165, 1.54) is 0 Å². The number of aryl methyl sites for hydroxylation is 2. The molecule has 112 valence electrons. The quantitative estimate of drug-likeness (QED) is 0.592. The highest BCUT2D eigenvalue weighted by Gasteiger charge is 2.08. The maximum atomic E-state index is 10.4. The van der Waals surface area contributed by atoms with E-state index >= 15 is 0 Å². The van der Waals surface area contributed by atoms with Gasteiger partial charge < -0.3 is 14.3 Å². The maximum Gasteiger partial charge on any atom is 0.314 e. The van der Waals surface area contributed by atoms with Crippen LogP contribution in [0.3, 0.4) is 0 Å². The van der Waals surface area contributed by atoms with Crippen molar-refractivity contribution in [3.05, 3.63) is 35.7 Å². The van der Waals surface area contributed by atoms with Gasteiger partial charge in [-0.25, -0.2) is 0 Å². The second-order valence-corrected chi connectivity index (χ2v) is 5.34. The molecule has 2 rings (SSSR count). The molecule has 0 aliphatic heterocycles. The molecule has 0 amide bonds. The Morgan fingerprint density at radius 2 is 2.29 bits per heavy atom.